The highest BCUT2D eigenvalue weighted by Crippen LogP contribution is 2.55. The van der Waals surface area contributed by atoms with Gasteiger partial charge in [-0.25, -0.2) is 0 Å². The first kappa shape index (κ1) is 19.5. The number of benzene rings is 1. The van der Waals surface area contributed by atoms with E-state index in [-0.39, 0.29) is 43.7 Å². The van der Waals surface area contributed by atoms with Crippen LogP contribution in [0, 0.1) is 23.2 Å². The maximum Gasteiger partial charge on any atom is 0.323 e. The number of aliphatic hydroxyl groups is 1. The number of aliphatic hydroxyl groups excluding tert-OH is 1. The molecule has 4 atom stereocenters. The van der Waals surface area contributed by atoms with Crippen molar-refractivity contribution < 1.29 is 29.0 Å². The fourth-order valence-electron chi connectivity index (χ4n) is 4.65. The van der Waals surface area contributed by atoms with E-state index in [1.807, 2.05) is 6.92 Å². The Morgan fingerprint density at radius 1 is 1.11 bits per heavy atom. The van der Waals surface area contributed by atoms with Crippen molar-refractivity contribution in [3.63, 3.8) is 0 Å². The quantitative estimate of drug-likeness (QED) is 0.644. The van der Waals surface area contributed by atoms with Gasteiger partial charge in [-0.05, 0) is 44.1 Å². The van der Waals surface area contributed by atoms with Crippen LogP contribution in [0.5, 0.6) is 0 Å². The number of rotatable bonds is 4. The number of hydrogen-bond donors (Lipinski definition) is 1. The lowest BCUT2D eigenvalue weighted by Gasteiger charge is -2.27. The Labute approximate surface area is 158 Å². The third-order valence-electron chi connectivity index (χ3n) is 6.06. The van der Waals surface area contributed by atoms with Crippen molar-refractivity contribution in [2.75, 3.05) is 13.2 Å². The van der Waals surface area contributed by atoms with Gasteiger partial charge in [0.25, 0.3) is 0 Å². The van der Waals surface area contributed by atoms with Crippen LogP contribution in [0.4, 0.5) is 0 Å². The minimum Gasteiger partial charge on any atom is -0.465 e. The van der Waals surface area contributed by atoms with Gasteiger partial charge >= 0.3 is 11.9 Å². The Kier molecular flexibility index (Phi) is 5.38. The van der Waals surface area contributed by atoms with E-state index >= 15 is 0 Å². The van der Waals surface area contributed by atoms with Gasteiger partial charge in [-0.3, -0.25) is 14.4 Å². The van der Waals surface area contributed by atoms with Crippen LogP contribution in [0.1, 0.15) is 55.6 Å². The van der Waals surface area contributed by atoms with Crippen molar-refractivity contribution in [3.05, 3.63) is 35.4 Å². The van der Waals surface area contributed by atoms with Crippen LogP contribution < -0.4 is 0 Å². The third kappa shape index (κ3) is 3.06. The number of esters is 2. The maximum absolute atomic E-state index is 13.2. The zero-order valence-electron chi connectivity index (χ0n) is 15.9. The van der Waals surface area contributed by atoms with E-state index in [1.165, 1.54) is 0 Å². The summed E-state index contributed by atoms with van der Waals surface area (Å²) >= 11 is 0. The molecule has 2 aliphatic rings. The van der Waals surface area contributed by atoms with E-state index in [9.17, 15) is 19.5 Å². The van der Waals surface area contributed by atoms with E-state index < -0.39 is 29.4 Å². The third-order valence-corrected chi connectivity index (χ3v) is 6.06. The zero-order chi connectivity index (χ0) is 19.8. The highest BCUT2D eigenvalue weighted by molar-refractivity contribution is 6.05. The van der Waals surface area contributed by atoms with Gasteiger partial charge < -0.3 is 14.6 Å². The maximum atomic E-state index is 13.2. The lowest BCUT2D eigenvalue weighted by molar-refractivity contribution is -0.172. The minimum absolute atomic E-state index is 0.0551. The van der Waals surface area contributed by atoms with Gasteiger partial charge in [0.2, 0.25) is 0 Å². The number of carbonyl (C=O) groups is 3. The molecule has 1 saturated carbocycles. The molecular formula is C21H26O6. The highest BCUT2D eigenvalue weighted by Gasteiger charge is 2.61. The molecule has 1 aromatic rings. The minimum atomic E-state index is -1.49. The summed E-state index contributed by atoms with van der Waals surface area (Å²) in [7, 11) is 0. The normalized spacial score (nSPS) is 28.7. The van der Waals surface area contributed by atoms with E-state index in [0.717, 1.165) is 0 Å². The molecule has 0 heterocycles. The molecule has 6 heteroatoms. The molecule has 0 bridgehead atoms. The molecule has 146 valence electrons. The van der Waals surface area contributed by atoms with Gasteiger partial charge in [-0.1, -0.05) is 31.2 Å². The Morgan fingerprint density at radius 2 is 1.70 bits per heavy atom. The Balaban J connectivity index is 2.05. The van der Waals surface area contributed by atoms with Gasteiger partial charge in [-0.15, -0.1) is 0 Å². The molecule has 27 heavy (non-hydrogen) atoms. The molecule has 1 N–H and O–H groups in total. The van der Waals surface area contributed by atoms with E-state index in [1.54, 1.807) is 38.1 Å². The number of Topliss-reactive ketones (excluding diaryl/α,β-unsaturated/α-hetero) is 1. The fourth-order valence-corrected chi connectivity index (χ4v) is 4.65. The fraction of sp³-hybridized carbons (Fsp3) is 0.571. The van der Waals surface area contributed by atoms with Crippen molar-refractivity contribution in [3.8, 4) is 0 Å². The van der Waals surface area contributed by atoms with E-state index in [0.29, 0.717) is 11.1 Å². The lowest BCUT2D eigenvalue weighted by Crippen LogP contribution is -2.41. The molecule has 0 aliphatic heterocycles. The molecule has 6 nitrogen and oxygen atoms in total. The van der Waals surface area contributed by atoms with Crippen molar-refractivity contribution >= 4 is 17.7 Å². The zero-order valence-corrected chi connectivity index (χ0v) is 15.9. The van der Waals surface area contributed by atoms with Crippen LogP contribution in [-0.4, -0.2) is 36.0 Å². The van der Waals surface area contributed by atoms with Gasteiger partial charge in [0, 0.05) is 11.5 Å². The molecule has 0 amide bonds. The largest absolute Gasteiger partial charge is 0.465 e. The first-order valence-corrected chi connectivity index (χ1v) is 9.53. The molecule has 0 spiro atoms. The number of fused-ring (bicyclic) bond motifs is 2. The smallest absolute Gasteiger partial charge is 0.323 e. The van der Waals surface area contributed by atoms with Gasteiger partial charge in [0.05, 0.1) is 19.3 Å². The second kappa shape index (κ2) is 7.43. The number of ketones is 1. The van der Waals surface area contributed by atoms with E-state index in [2.05, 4.69) is 0 Å². The van der Waals surface area contributed by atoms with Crippen molar-refractivity contribution in [2.45, 2.75) is 39.7 Å². The number of carbonyl (C=O) groups excluding carboxylic acids is 3. The molecule has 0 saturated heterocycles. The first-order chi connectivity index (χ1) is 12.9. The average molecular weight is 374 g/mol. The van der Waals surface area contributed by atoms with Gasteiger partial charge in [-0.2, -0.15) is 0 Å². The molecular weight excluding hydrogens is 348 g/mol. The second-order valence-electron chi connectivity index (χ2n) is 7.46. The number of ether oxygens (including phenoxy) is 2. The van der Waals surface area contributed by atoms with Crippen LogP contribution in [0.3, 0.4) is 0 Å². The first-order valence-electron chi connectivity index (χ1n) is 9.53. The summed E-state index contributed by atoms with van der Waals surface area (Å²) in [5, 5.41) is 10.8. The van der Waals surface area contributed by atoms with Crippen LogP contribution in [-0.2, 0) is 19.1 Å². The van der Waals surface area contributed by atoms with Crippen molar-refractivity contribution in [2.24, 2.45) is 23.2 Å². The molecule has 0 unspecified atom stereocenters. The van der Waals surface area contributed by atoms with E-state index in [4.69, 9.17) is 9.47 Å². The lowest BCUT2D eigenvalue weighted by atomic mass is 9.80. The summed E-state index contributed by atoms with van der Waals surface area (Å²) in [6.45, 7) is 5.51. The topological polar surface area (TPSA) is 89.9 Å². The second-order valence-corrected chi connectivity index (χ2v) is 7.46. The van der Waals surface area contributed by atoms with Crippen LogP contribution in [0.25, 0.3) is 0 Å². The monoisotopic (exact) mass is 374 g/mol. The molecule has 1 fully saturated rings. The standard InChI is InChI=1S/C21H26O6/c1-4-26-19(24)21(20(25)27-5-2)10-15-12(3)17(22)13-8-6-7-9-14(13)18(23)16(15)11-21/h6-9,12,15-17,22H,4-5,10-11H2,1-3H3/t12-,15-,16+,17+/m1/s1. The van der Waals surface area contributed by atoms with Gasteiger partial charge in [0.1, 0.15) is 0 Å². The summed E-state index contributed by atoms with van der Waals surface area (Å²) in [5.74, 6) is -2.54. The van der Waals surface area contributed by atoms with Crippen molar-refractivity contribution in [1.82, 2.24) is 0 Å². The molecule has 0 aromatic heterocycles. The Bertz CT molecular complexity index is 737. The summed E-state index contributed by atoms with van der Waals surface area (Å²) in [6, 6.07) is 7.02. The predicted octanol–water partition coefficient (Wildman–Crippen LogP) is 2.69. The summed E-state index contributed by atoms with van der Waals surface area (Å²) in [6.07, 6.45) is -0.632. The summed E-state index contributed by atoms with van der Waals surface area (Å²) < 4.78 is 10.4. The molecule has 0 radical (unpaired) electrons. The van der Waals surface area contributed by atoms with Crippen LogP contribution in [0.2, 0.25) is 0 Å². The highest BCUT2D eigenvalue weighted by atomic mass is 16.6. The van der Waals surface area contributed by atoms with Crippen LogP contribution >= 0.6 is 0 Å². The molecule has 1 aromatic carbocycles. The average Bonchev–Trinajstić information content (AvgIpc) is 3.06. The Hall–Kier alpha value is -2.21. The summed E-state index contributed by atoms with van der Waals surface area (Å²) in [5.41, 5.74) is -0.410. The Morgan fingerprint density at radius 3 is 2.30 bits per heavy atom. The molecule has 3 rings (SSSR count). The van der Waals surface area contributed by atoms with Crippen molar-refractivity contribution in [1.29, 1.82) is 0 Å². The molecule has 2 aliphatic carbocycles. The summed E-state index contributed by atoms with van der Waals surface area (Å²) in [4.78, 5) is 38.8. The van der Waals surface area contributed by atoms with Crippen LogP contribution in [0.15, 0.2) is 24.3 Å². The SMILES string of the molecule is CCOC(=O)C1(C(=O)OCC)C[C@@H]2[C@@H](C)[C@H](O)c3ccccc3C(=O)[C@H]2C1. The predicted molar refractivity (Wildman–Crippen MR) is 96.8 cm³/mol. The number of hydrogen-bond acceptors (Lipinski definition) is 6. The van der Waals surface area contributed by atoms with Gasteiger partial charge in [0.15, 0.2) is 11.2 Å².